The van der Waals surface area contributed by atoms with E-state index in [1.165, 1.54) is 0 Å². The second kappa shape index (κ2) is 6.36. The van der Waals surface area contributed by atoms with Crippen molar-refractivity contribution in [2.75, 3.05) is 6.54 Å². The third-order valence-corrected chi connectivity index (χ3v) is 1.99. The molecule has 0 aromatic carbocycles. The molecule has 0 rings (SSSR count). The summed E-state index contributed by atoms with van der Waals surface area (Å²) in [6.45, 7) is 3.71. The van der Waals surface area contributed by atoms with E-state index in [0.717, 1.165) is 0 Å². The second-order valence-corrected chi connectivity index (χ2v) is 3.76. The fourth-order valence-corrected chi connectivity index (χ4v) is 0.853. The second-order valence-electron chi connectivity index (χ2n) is 3.76. The van der Waals surface area contributed by atoms with Crippen molar-refractivity contribution in [2.45, 2.75) is 32.4 Å². The van der Waals surface area contributed by atoms with Crippen LogP contribution in [0.2, 0.25) is 0 Å². The van der Waals surface area contributed by atoms with Gasteiger partial charge in [0.1, 0.15) is 0 Å². The molecule has 2 atom stereocenters. The SMILES string of the molecule is CC(C)C(O)CNC(=O)C(N)CC(=O)O. The highest BCUT2D eigenvalue weighted by atomic mass is 16.4. The van der Waals surface area contributed by atoms with Crippen LogP contribution in [0.25, 0.3) is 0 Å². The van der Waals surface area contributed by atoms with Gasteiger partial charge in [0.2, 0.25) is 5.91 Å². The third-order valence-electron chi connectivity index (χ3n) is 1.99. The molecule has 15 heavy (non-hydrogen) atoms. The van der Waals surface area contributed by atoms with Crippen LogP contribution in [0.3, 0.4) is 0 Å². The zero-order valence-corrected chi connectivity index (χ0v) is 8.93. The van der Waals surface area contributed by atoms with Gasteiger partial charge < -0.3 is 21.3 Å². The van der Waals surface area contributed by atoms with E-state index in [1.54, 1.807) is 0 Å². The van der Waals surface area contributed by atoms with Crippen molar-refractivity contribution in [1.29, 1.82) is 0 Å². The van der Waals surface area contributed by atoms with Gasteiger partial charge in [-0.3, -0.25) is 9.59 Å². The fourth-order valence-electron chi connectivity index (χ4n) is 0.853. The number of hydrogen-bond acceptors (Lipinski definition) is 4. The highest BCUT2D eigenvalue weighted by molar-refractivity contribution is 5.85. The molecule has 0 saturated carbocycles. The first-order valence-corrected chi connectivity index (χ1v) is 4.77. The molecule has 0 saturated heterocycles. The summed E-state index contributed by atoms with van der Waals surface area (Å²) >= 11 is 0. The Morgan fingerprint density at radius 1 is 1.40 bits per heavy atom. The quantitative estimate of drug-likeness (QED) is 0.453. The summed E-state index contributed by atoms with van der Waals surface area (Å²) in [5.41, 5.74) is 5.31. The molecule has 0 aromatic heterocycles. The van der Waals surface area contributed by atoms with Crippen molar-refractivity contribution in [1.82, 2.24) is 5.32 Å². The van der Waals surface area contributed by atoms with Crippen molar-refractivity contribution in [3.8, 4) is 0 Å². The van der Waals surface area contributed by atoms with Crippen LogP contribution in [0, 0.1) is 5.92 Å². The van der Waals surface area contributed by atoms with Crippen LogP contribution in [0.15, 0.2) is 0 Å². The van der Waals surface area contributed by atoms with E-state index in [2.05, 4.69) is 5.32 Å². The number of carbonyl (C=O) groups is 2. The predicted octanol–water partition coefficient (Wildman–Crippen LogP) is -1.08. The number of nitrogens with two attached hydrogens (primary N) is 1. The number of carboxylic acid groups (broad SMARTS) is 1. The molecule has 0 spiro atoms. The molecule has 5 N–H and O–H groups in total. The summed E-state index contributed by atoms with van der Waals surface area (Å²) in [5.74, 6) is -1.65. The third kappa shape index (κ3) is 6.03. The van der Waals surface area contributed by atoms with Crippen LogP contribution in [0.4, 0.5) is 0 Å². The van der Waals surface area contributed by atoms with E-state index < -0.39 is 30.4 Å². The molecule has 6 nitrogen and oxygen atoms in total. The zero-order chi connectivity index (χ0) is 12.0. The Balaban J connectivity index is 3.88. The van der Waals surface area contributed by atoms with E-state index in [0.29, 0.717) is 0 Å². The van der Waals surface area contributed by atoms with Crippen LogP contribution in [-0.2, 0) is 9.59 Å². The lowest BCUT2D eigenvalue weighted by molar-refractivity contribution is -0.139. The van der Waals surface area contributed by atoms with Crippen LogP contribution < -0.4 is 11.1 Å². The summed E-state index contributed by atoms with van der Waals surface area (Å²) in [4.78, 5) is 21.4. The number of aliphatic carboxylic acids is 1. The minimum absolute atomic E-state index is 0.0287. The van der Waals surface area contributed by atoms with Gasteiger partial charge in [0, 0.05) is 6.54 Å². The number of amides is 1. The molecule has 1 amide bonds. The lowest BCUT2D eigenvalue weighted by Crippen LogP contribution is -2.45. The van der Waals surface area contributed by atoms with E-state index in [-0.39, 0.29) is 12.5 Å². The molecule has 0 radical (unpaired) electrons. The number of aliphatic hydroxyl groups excluding tert-OH is 1. The Morgan fingerprint density at radius 2 is 1.93 bits per heavy atom. The fraction of sp³-hybridized carbons (Fsp3) is 0.778. The summed E-state index contributed by atoms with van der Waals surface area (Å²) in [6, 6.07) is -1.07. The largest absolute Gasteiger partial charge is 0.481 e. The van der Waals surface area contributed by atoms with Gasteiger partial charge in [0.15, 0.2) is 0 Å². The molecule has 0 aliphatic carbocycles. The van der Waals surface area contributed by atoms with Crippen molar-refractivity contribution in [3.05, 3.63) is 0 Å². The van der Waals surface area contributed by atoms with Crippen molar-refractivity contribution in [2.24, 2.45) is 11.7 Å². The predicted molar refractivity (Wildman–Crippen MR) is 54.1 cm³/mol. The van der Waals surface area contributed by atoms with Crippen molar-refractivity contribution < 1.29 is 19.8 Å². The van der Waals surface area contributed by atoms with Crippen molar-refractivity contribution in [3.63, 3.8) is 0 Å². The van der Waals surface area contributed by atoms with Gasteiger partial charge >= 0.3 is 5.97 Å². The Labute approximate surface area is 88.5 Å². The minimum atomic E-state index is -1.12. The Hall–Kier alpha value is -1.14. The van der Waals surface area contributed by atoms with Gasteiger partial charge in [-0.05, 0) is 5.92 Å². The number of carbonyl (C=O) groups excluding carboxylic acids is 1. The Bertz CT molecular complexity index is 230. The molecule has 88 valence electrons. The molecule has 0 aliphatic heterocycles. The first-order chi connectivity index (χ1) is 6.84. The summed E-state index contributed by atoms with van der Waals surface area (Å²) < 4.78 is 0. The monoisotopic (exact) mass is 218 g/mol. The average molecular weight is 218 g/mol. The number of rotatable bonds is 6. The van der Waals surface area contributed by atoms with Crippen LogP contribution in [-0.4, -0.2) is 40.8 Å². The molecule has 0 fully saturated rings. The van der Waals surface area contributed by atoms with E-state index in [4.69, 9.17) is 10.8 Å². The molecular weight excluding hydrogens is 200 g/mol. The van der Waals surface area contributed by atoms with E-state index >= 15 is 0 Å². The topological polar surface area (TPSA) is 113 Å². The van der Waals surface area contributed by atoms with Gasteiger partial charge in [0.05, 0.1) is 18.6 Å². The molecular formula is C9H18N2O4. The zero-order valence-electron chi connectivity index (χ0n) is 8.93. The smallest absolute Gasteiger partial charge is 0.305 e. The standard InChI is InChI=1S/C9H18N2O4/c1-5(2)7(12)4-11-9(15)6(10)3-8(13)14/h5-7,12H,3-4,10H2,1-2H3,(H,11,15)(H,13,14). The molecule has 0 aromatic rings. The maximum atomic E-state index is 11.2. The minimum Gasteiger partial charge on any atom is -0.481 e. The first kappa shape index (κ1) is 13.9. The molecule has 0 heterocycles. The van der Waals surface area contributed by atoms with Gasteiger partial charge in [-0.15, -0.1) is 0 Å². The Kier molecular flexibility index (Phi) is 5.88. The normalized spacial score (nSPS) is 14.7. The highest BCUT2D eigenvalue weighted by Gasteiger charge is 2.18. The summed E-state index contributed by atoms with van der Waals surface area (Å²) in [6.07, 6.45) is -1.06. The molecule has 0 bridgehead atoms. The van der Waals surface area contributed by atoms with Crippen LogP contribution in [0.5, 0.6) is 0 Å². The summed E-state index contributed by atoms with van der Waals surface area (Å²) in [7, 11) is 0. The number of nitrogens with one attached hydrogen (secondary N) is 1. The Morgan fingerprint density at radius 3 is 2.33 bits per heavy atom. The number of aliphatic hydroxyl groups is 1. The van der Waals surface area contributed by atoms with Crippen LogP contribution >= 0.6 is 0 Å². The number of hydrogen-bond donors (Lipinski definition) is 4. The molecule has 2 unspecified atom stereocenters. The van der Waals surface area contributed by atoms with Gasteiger partial charge in [-0.1, -0.05) is 13.8 Å². The average Bonchev–Trinajstić information content (AvgIpc) is 2.12. The van der Waals surface area contributed by atoms with Crippen LogP contribution in [0.1, 0.15) is 20.3 Å². The maximum Gasteiger partial charge on any atom is 0.305 e. The summed E-state index contributed by atoms with van der Waals surface area (Å²) in [5, 5.41) is 20.1. The highest BCUT2D eigenvalue weighted by Crippen LogP contribution is 1.99. The number of carboxylic acids is 1. The van der Waals surface area contributed by atoms with Gasteiger partial charge in [-0.25, -0.2) is 0 Å². The lowest BCUT2D eigenvalue weighted by atomic mass is 10.1. The van der Waals surface area contributed by atoms with E-state index in [9.17, 15) is 14.7 Å². The van der Waals surface area contributed by atoms with Gasteiger partial charge in [0.25, 0.3) is 0 Å². The maximum absolute atomic E-state index is 11.2. The van der Waals surface area contributed by atoms with Crippen molar-refractivity contribution >= 4 is 11.9 Å². The van der Waals surface area contributed by atoms with E-state index in [1.807, 2.05) is 13.8 Å². The van der Waals surface area contributed by atoms with Gasteiger partial charge in [-0.2, -0.15) is 0 Å². The first-order valence-electron chi connectivity index (χ1n) is 4.77. The lowest BCUT2D eigenvalue weighted by Gasteiger charge is -2.16. The molecule has 0 aliphatic rings. The molecule has 6 heteroatoms.